The Morgan fingerprint density at radius 3 is 1.74 bits per heavy atom. The Labute approximate surface area is 214 Å². The molecule has 4 aromatic rings. The fraction of sp³-hybridized carbons (Fsp3) is 0.333. The quantitative estimate of drug-likeness (QED) is 0.278. The Morgan fingerprint density at radius 1 is 0.629 bits per heavy atom. The zero-order valence-electron chi connectivity index (χ0n) is 19.6. The van der Waals surface area contributed by atoms with E-state index < -0.39 is 0 Å². The van der Waals surface area contributed by atoms with E-state index in [1.165, 1.54) is 44.1 Å². The van der Waals surface area contributed by atoms with Gasteiger partial charge in [-0.2, -0.15) is 0 Å². The minimum atomic E-state index is 0.399. The van der Waals surface area contributed by atoms with Crippen LogP contribution < -0.4 is 0 Å². The fourth-order valence-corrected chi connectivity index (χ4v) is 7.73. The standard InChI is InChI=1S/C30H27BrN4/c31-26-3-1-2-24(15-26)29-34-27(33-28(35-29)23-8-10-32-11-9-23)22-4-6-25(7-5-22)30-16-19-12-20(17-30)14-21(13-19)18-30/h1-11,15,19-21H,12-14,16-18H2. The Morgan fingerprint density at radius 2 is 1.17 bits per heavy atom. The molecule has 5 heteroatoms. The predicted octanol–water partition coefficient (Wildman–Crippen LogP) is 7.50. The third-order valence-corrected chi connectivity index (χ3v) is 8.94. The fourth-order valence-electron chi connectivity index (χ4n) is 7.33. The van der Waals surface area contributed by atoms with E-state index in [1.807, 2.05) is 36.4 Å². The number of rotatable bonds is 4. The summed E-state index contributed by atoms with van der Waals surface area (Å²) in [7, 11) is 0. The lowest BCUT2D eigenvalue weighted by Gasteiger charge is -2.57. The zero-order valence-corrected chi connectivity index (χ0v) is 21.2. The van der Waals surface area contributed by atoms with Crippen LogP contribution in [0.3, 0.4) is 0 Å². The largest absolute Gasteiger partial charge is 0.265 e. The average Bonchev–Trinajstić information content (AvgIpc) is 2.88. The van der Waals surface area contributed by atoms with Gasteiger partial charge in [-0.15, -0.1) is 0 Å². The summed E-state index contributed by atoms with van der Waals surface area (Å²) < 4.78 is 1.00. The SMILES string of the molecule is Brc1cccc(-c2nc(-c3ccncc3)nc(-c3ccc(C45CC6CC(CC(C6)C4)C5)cc3)n2)c1. The molecule has 174 valence electrons. The van der Waals surface area contributed by atoms with Crippen molar-refractivity contribution in [2.75, 3.05) is 0 Å². The summed E-state index contributed by atoms with van der Waals surface area (Å²) in [5, 5.41) is 0. The van der Waals surface area contributed by atoms with Crippen molar-refractivity contribution in [2.45, 2.75) is 43.9 Å². The molecule has 0 unspecified atom stereocenters. The van der Waals surface area contributed by atoms with E-state index in [-0.39, 0.29) is 0 Å². The van der Waals surface area contributed by atoms with Crippen LogP contribution in [-0.4, -0.2) is 19.9 Å². The lowest BCUT2D eigenvalue weighted by molar-refractivity contribution is -0.00518. The summed E-state index contributed by atoms with van der Waals surface area (Å²) in [4.78, 5) is 18.8. The molecule has 4 aliphatic rings. The van der Waals surface area contributed by atoms with Gasteiger partial charge in [0.25, 0.3) is 0 Å². The van der Waals surface area contributed by atoms with Gasteiger partial charge >= 0.3 is 0 Å². The van der Waals surface area contributed by atoms with Crippen molar-refractivity contribution < 1.29 is 0 Å². The third-order valence-electron chi connectivity index (χ3n) is 8.45. The summed E-state index contributed by atoms with van der Waals surface area (Å²) >= 11 is 3.58. The third kappa shape index (κ3) is 3.90. The van der Waals surface area contributed by atoms with Gasteiger partial charge in [0.05, 0.1) is 0 Å². The summed E-state index contributed by atoms with van der Waals surface area (Å²) in [6, 6.07) is 21.2. The normalized spacial score (nSPS) is 26.7. The first kappa shape index (κ1) is 21.4. The van der Waals surface area contributed by atoms with Crippen LogP contribution in [-0.2, 0) is 5.41 Å². The van der Waals surface area contributed by atoms with Crippen molar-refractivity contribution in [2.24, 2.45) is 17.8 Å². The van der Waals surface area contributed by atoms with Crippen LogP contribution in [0.1, 0.15) is 44.1 Å². The molecule has 4 nitrogen and oxygen atoms in total. The topological polar surface area (TPSA) is 51.6 Å². The molecular weight excluding hydrogens is 496 g/mol. The Kier molecular flexibility index (Phi) is 5.09. The number of halogens is 1. The van der Waals surface area contributed by atoms with Crippen molar-refractivity contribution in [3.05, 3.63) is 83.1 Å². The number of aromatic nitrogens is 4. The highest BCUT2D eigenvalue weighted by Gasteiger charge is 2.51. The molecule has 4 fully saturated rings. The second-order valence-corrected chi connectivity index (χ2v) is 11.7. The first-order valence-electron chi connectivity index (χ1n) is 12.7. The van der Waals surface area contributed by atoms with Crippen LogP contribution in [0.15, 0.2) is 77.5 Å². The maximum Gasteiger partial charge on any atom is 0.164 e. The molecule has 0 spiro atoms. The maximum atomic E-state index is 4.90. The van der Waals surface area contributed by atoms with Crippen molar-refractivity contribution >= 4 is 15.9 Å². The Bertz CT molecular complexity index is 1350. The molecule has 2 aromatic carbocycles. The molecule has 0 atom stereocenters. The van der Waals surface area contributed by atoms with Gasteiger partial charge < -0.3 is 0 Å². The summed E-state index contributed by atoms with van der Waals surface area (Å²) in [5.41, 5.74) is 4.85. The smallest absolute Gasteiger partial charge is 0.164 e. The van der Waals surface area contributed by atoms with E-state index in [0.29, 0.717) is 22.9 Å². The van der Waals surface area contributed by atoms with Gasteiger partial charge in [-0.1, -0.05) is 52.3 Å². The highest BCUT2D eigenvalue weighted by atomic mass is 79.9. The van der Waals surface area contributed by atoms with E-state index in [4.69, 9.17) is 15.0 Å². The highest BCUT2D eigenvalue weighted by Crippen LogP contribution is 2.60. The second-order valence-electron chi connectivity index (χ2n) is 10.8. The molecule has 2 heterocycles. The molecule has 35 heavy (non-hydrogen) atoms. The van der Waals surface area contributed by atoms with Crippen LogP contribution in [0.4, 0.5) is 0 Å². The number of pyridine rings is 1. The van der Waals surface area contributed by atoms with E-state index in [2.05, 4.69) is 45.2 Å². The van der Waals surface area contributed by atoms with Crippen molar-refractivity contribution in [3.8, 4) is 34.2 Å². The van der Waals surface area contributed by atoms with Gasteiger partial charge in [-0.05, 0) is 91.5 Å². The maximum absolute atomic E-state index is 4.90. The number of benzene rings is 2. The highest BCUT2D eigenvalue weighted by molar-refractivity contribution is 9.10. The monoisotopic (exact) mass is 522 g/mol. The van der Waals surface area contributed by atoms with E-state index >= 15 is 0 Å². The van der Waals surface area contributed by atoms with Gasteiger partial charge in [-0.3, -0.25) is 4.98 Å². The van der Waals surface area contributed by atoms with Crippen LogP contribution >= 0.6 is 15.9 Å². The lowest BCUT2D eigenvalue weighted by Crippen LogP contribution is -2.48. The van der Waals surface area contributed by atoms with Gasteiger partial charge in [0.15, 0.2) is 17.5 Å². The first-order chi connectivity index (χ1) is 17.1. The van der Waals surface area contributed by atoms with Crippen LogP contribution in [0.25, 0.3) is 34.2 Å². The Hall–Kier alpha value is -2.92. The zero-order chi connectivity index (χ0) is 23.4. The summed E-state index contributed by atoms with van der Waals surface area (Å²) in [5.74, 6) is 4.88. The second kappa shape index (κ2) is 8.34. The number of nitrogens with zero attached hydrogens (tertiary/aromatic N) is 4. The molecule has 0 N–H and O–H groups in total. The van der Waals surface area contributed by atoms with Gasteiger partial charge in [0, 0.05) is 33.6 Å². The molecule has 4 saturated carbocycles. The first-order valence-corrected chi connectivity index (χ1v) is 13.5. The summed E-state index contributed by atoms with van der Waals surface area (Å²) in [6.07, 6.45) is 12.1. The lowest BCUT2D eigenvalue weighted by atomic mass is 9.48. The molecule has 4 bridgehead atoms. The minimum absolute atomic E-state index is 0.399. The average molecular weight is 523 g/mol. The molecular formula is C30H27BrN4. The van der Waals surface area contributed by atoms with Crippen molar-refractivity contribution in [3.63, 3.8) is 0 Å². The van der Waals surface area contributed by atoms with E-state index in [9.17, 15) is 0 Å². The van der Waals surface area contributed by atoms with Gasteiger partial charge in [-0.25, -0.2) is 15.0 Å². The molecule has 2 aromatic heterocycles. The van der Waals surface area contributed by atoms with Crippen molar-refractivity contribution in [1.82, 2.24) is 19.9 Å². The Balaban J connectivity index is 1.28. The summed E-state index contributed by atoms with van der Waals surface area (Å²) in [6.45, 7) is 0. The van der Waals surface area contributed by atoms with Crippen LogP contribution in [0, 0.1) is 17.8 Å². The van der Waals surface area contributed by atoms with Crippen molar-refractivity contribution in [1.29, 1.82) is 0 Å². The van der Waals surface area contributed by atoms with E-state index in [0.717, 1.165) is 38.9 Å². The molecule has 8 rings (SSSR count). The van der Waals surface area contributed by atoms with Gasteiger partial charge in [0.1, 0.15) is 0 Å². The van der Waals surface area contributed by atoms with Gasteiger partial charge in [0.2, 0.25) is 0 Å². The molecule has 0 amide bonds. The molecule has 0 saturated heterocycles. The number of hydrogen-bond acceptors (Lipinski definition) is 4. The number of hydrogen-bond donors (Lipinski definition) is 0. The molecule has 4 aliphatic carbocycles. The molecule has 0 aliphatic heterocycles. The molecule has 0 radical (unpaired) electrons. The van der Waals surface area contributed by atoms with Crippen LogP contribution in [0.2, 0.25) is 0 Å². The van der Waals surface area contributed by atoms with Crippen LogP contribution in [0.5, 0.6) is 0 Å². The predicted molar refractivity (Wildman–Crippen MR) is 141 cm³/mol. The minimum Gasteiger partial charge on any atom is -0.265 e. The van der Waals surface area contributed by atoms with E-state index in [1.54, 1.807) is 12.4 Å².